The number of nitrogens with zero attached hydrogens (tertiary/aromatic N) is 1. The topological polar surface area (TPSA) is 72.2 Å². The number of non-ortho nitro benzene ring substituents is 1. The van der Waals surface area contributed by atoms with Crippen LogP contribution in [0.1, 0.15) is 22.8 Å². The zero-order valence-corrected chi connectivity index (χ0v) is 11.9. The Morgan fingerprint density at radius 1 is 1.56 bits per heavy atom. The second kappa shape index (κ2) is 6.49. The molecule has 5 nitrogen and oxygen atoms in total. The van der Waals surface area contributed by atoms with E-state index in [1.165, 1.54) is 18.2 Å². The Kier molecular flexibility index (Phi) is 5.27. The molecule has 0 aliphatic carbocycles. The maximum atomic E-state index is 11.9. The van der Waals surface area contributed by atoms with Crippen molar-refractivity contribution in [1.29, 1.82) is 0 Å². The number of aryl methyl sites for hydroxylation is 1. The molecule has 1 atom stereocenters. The Morgan fingerprint density at radius 3 is 2.72 bits per heavy atom. The molecular formula is C12H15BrN2O3. The summed E-state index contributed by atoms with van der Waals surface area (Å²) in [4.78, 5) is 22.0. The fourth-order valence-corrected chi connectivity index (χ4v) is 1.66. The highest BCUT2D eigenvalue weighted by atomic mass is 79.9. The van der Waals surface area contributed by atoms with Crippen LogP contribution in [-0.2, 0) is 0 Å². The van der Waals surface area contributed by atoms with Crippen LogP contribution in [0.4, 0.5) is 5.69 Å². The number of alkyl halides is 1. The molecule has 0 saturated carbocycles. The van der Waals surface area contributed by atoms with Gasteiger partial charge in [-0.05, 0) is 24.5 Å². The molecule has 1 aromatic carbocycles. The lowest BCUT2D eigenvalue weighted by Gasteiger charge is -2.10. The maximum absolute atomic E-state index is 11.9. The number of hydrogen-bond donors (Lipinski definition) is 1. The van der Waals surface area contributed by atoms with Crippen molar-refractivity contribution in [1.82, 2.24) is 5.32 Å². The van der Waals surface area contributed by atoms with Crippen LogP contribution in [0.2, 0.25) is 0 Å². The summed E-state index contributed by atoms with van der Waals surface area (Å²) in [6.07, 6.45) is 0. The number of nitro groups is 1. The van der Waals surface area contributed by atoms with E-state index in [-0.39, 0.29) is 11.6 Å². The predicted molar refractivity (Wildman–Crippen MR) is 73.1 cm³/mol. The largest absolute Gasteiger partial charge is 0.352 e. The summed E-state index contributed by atoms with van der Waals surface area (Å²) in [5.74, 6) is 0.141. The van der Waals surface area contributed by atoms with E-state index in [0.717, 1.165) is 5.33 Å². The highest BCUT2D eigenvalue weighted by molar-refractivity contribution is 9.09. The summed E-state index contributed by atoms with van der Waals surface area (Å²) in [7, 11) is 0. The van der Waals surface area contributed by atoms with Gasteiger partial charge >= 0.3 is 0 Å². The number of nitro benzene ring substituents is 1. The first kappa shape index (κ1) is 14.6. The third-order valence-corrected chi connectivity index (χ3v) is 3.65. The first-order chi connectivity index (χ1) is 8.45. The number of benzene rings is 1. The van der Waals surface area contributed by atoms with Gasteiger partial charge in [-0.15, -0.1) is 0 Å². The number of rotatable bonds is 5. The molecule has 0 bridgehead atoms. The van der Waals surface area contributed by atoms with Crippen LogP contribution in [0.15, 0.2) is 18.2 Å². The lowest BCUT2D eigenvalue weighted by molar-refractivity contribution is -0.384. The smallest absolute Gasteiger partial charge is 0.269 e. The Bertz CT molecular complexity index is 463. The van der Waals surface area contributed by atoms with E-state index in [2.05, 4.69) is 21.2 Å². The van der Waals surface area contributed by atoms with Crippen LogP contribution in [0, 0.1) is 23.0 Å². The normalized spacial score (nSPS) is 11.9. The number of halogens is 1. The predicted octanol–water partition coefficient (Wildman–Crippen LogP) is 2.66. The van der Waals surface area contributed by atoms with Gasteiger partial charge in [0, 0.05) is 29.6 Å². The Morgan fingerprint density at radius 2 is 2.22 bits per heavy atom. The van der Waals surface area contributed by atoms with E-state index in [0.29, 0.717) is 23.6 Å². The molecule has 0 heterocycles. The average molecular weight is 315 g/mol. The lowest BCUT2D eigenvalue weighted by Crippen LogP contribution is -2.29. The minimum Gasteiger partial charge on any atom is -0.352 e. The number of nitrogens with one attached hydrogen (secondary N) is 1. The van der Waals surface area contributed by atoms with Gasteiger partial charge in [-0.3, -0.25) is 14.9 Å². The first-order valence-corrected chi connectivity index (χ1v) is 6.67. The van der Waals surface area contributed by atoms with Gasteiger partial charge in [-0.25, -0.2) is 0 Å². The van der Waals surface area contributed by atoms with Gasteiger partial charge in [0.2, 0.25) is 0 Å². The summed E-state index contributed by atoms with van der Waals surface area (Å²) in [6.45, 7) is 4.27. The molecule has 0 aliphatic rings. The molecule has 0 aliphatic heterocycles. The van der Waals surface area contributed by atoms with Crippen LogP contribution in [0.3, 0.4) is 0 Å². The SMILES string of the molecule is Cc1cc([N+](=O)[O-])ccc1C(=O)NCC(C)CBr. The molecule has 0 aromatic heterocycles. The summed E-state index contributed by atoms with van der Waals surface area (Å²) in [5, 5.41) is 14.2. The van der Waals surface area contributed by atoms with E-state index >= 15 is 0 Å². The van der Waals surface area contributed by atoms with Crippen molar-refractivity contribution >= 4 is 27.5 Å². The summed E-state index contributed by atoms with van der Waals surface area (Å²) in [5.41, 5.74) is 1.08. The van der Waals surface area contributed by atoms with Gasteiger partial charge in [0.25, 0.3) is 11.6 Å². The third kappa shape index (κ3) is 3.80. The minimum atomic E-state index is -0.471. The van der Waals surface area contributed by atoms with Crippen molar-refractivity contribution in [3.05, 3.63) is 39.4 Å². The quantitative estimate of drug-likeness (QED) is 0.516. The lowest BCUT2D eigenvalue weighted by atomic mass is 10.1. The molecule has 1 aromatic rings. The monoisotopic (exact) mass is 314 g/mol. The van der Waals surface area contributed by atoms with Crippen LogP contribution in [0.5, 0.6) is 0 Å². The van der Waals surface area contributed by atoms with Gasteiger partial charge in [-0.1, -0.05) is 22.9 Å². The molecule has 98 valence electrons. The molecule has 0 fully saturated rings. The zero-order valence-electron chi connectivity index (χ0n) is 10.3. The van der Waals surface area contributed by atoms with E-state index < -0.39 is 4.92 Å². The average Bonchev–Trinajstić information content (AvgIpc) is 2.35. The van der Waals surface area contributed by atoms with Crippen LogP contribution < -0.4 is 5.32 Å². The summed E-state index contributed by atoms with van der Waals surface area (Å²) >= 11 is 3.33. The Labute approximate surface area is 114 Å². The van der Waals surface area contributed by atoms with E-state index in [4.69, 9.17) is 0 Å². The molecule has 1 unspecified atom stereocenters. The molecular weight excluding hydrogens is 300 g/mol. The van der Waals surface area contributed by atoms with Crippen molar-refractivity contribution in [3.63, 3.8) is 0 Å². The zero-order chi connectivity index (χ0) is 13.7. The Balaban J connectivity index is 2.78. The second-order valence-corrected chi connectivity index (χ2v) is 4.87. The second-order valence-electron chi connectivity index (χ2n) is 4.23. The Hall–Kier alpha value is -1.43. The molecule has 0 saturated heterocycles. The van der Waals surface area contributed by atoms with E-state index in [1.807, 2.05) is 6.92 Å². The molecule has 6 heteroatoms. The molecule has 0 spiro atoms. The molecule has 18 heavy (non-hydrogen) atoms. The third-order valence-electron chi connectivity index (χ3n) is 2.54. The molecule has 1 rings (SSSR count). The van der Waals surface area contributed by atoms with Gasteiger partial charge < -0.3 is 5.32 Å². The number of carbonyl (C=O) groups excluding carboxylic acids is 1. The van der Waals surface area contributed by atoms with E-state index in [1.54, 1.807) is 6.92 Å². The first-order valence-electron chi connectivity index (χ1n) is 5.55. The van der Waals surface area contributed by atoms with Crippen molar-refractivity contribution in [2.75, 3.05) is 11.9 Å². The fraction of sp³-hybridized carbons (Fsp3) is 0.417. The van der Waals surface area contributed by atoms with E-state index in [9.17, 15) is 14.9 Å². The van der Waals surface area contributed by atoms with Crippen LogP contribution in [-0.4, -0.2) is 22.7 Å². The highest BCUT2D eigenvalue weighted by Crippen LogP contribution is 2.17. The maximum Gasteiger partial charge on any atom is 0.269 e. The van der Waals surface area contributed by atoms with Crippen molar-refractivity contribution in [2.45, 2.75) is 13.8 Å². The van der Waals surface area contributed by atoms with Crippen LogP contribution in [0.25, 0.3) is 0 Å². The van der Waals surface area contributed by atoms with Crippen molar-refractivity contribution < 1.29 is 9.72 Å². The number of hydrogen-bond acceptors (Lipinski definition) is 3. The highest BCUT2D eigenvalue weighted by Gasteiger charge is 2.13. The molecule has 1 amide bonds. The summed E-state index contributed by atoms with van der Waals surface area (Å²) in [6, 6.07) is 4.24. The van der Waals surface area contributed by atoms with Gasteiger partial charge in [0.1, 0.15) is 0 Å². The molecule has 0 radical (unpaired) electrons. The standard InChI is InChI=1S/C12H15BrN2O3/c1-8(6-13)7-14-12(16)11-4-3-10(15(17)18)5-9(11)2/h3-5,8H,6-7H2,1-2H3,(H,14,16). The van der Waals surface area contributed by atoms with Gasteiger partial charge in [-0.2, -0.15) is 0 Å². The van der Waals surface area contributed by atoms with Crippen LogP contribution >= 0.6 is 15.9 Å². The molecule has 1 N–H and O–H groups in total. The minimum absolute atomic E-state index is 0.00197. The summed E-state index contributed by atoms with van der Waals surface area (Å²) < 4.78 is 0. The van der Waals surface area contributed by atoms with Gasteiger partial charge in [0.15, 0.2) is 0 Å². The fourth-order valence-electron chi connectivity index (χ4n) is 1.43. The van der Waals surface area contributed by atoms with Crippen molar-refractivity contribution in [3.8, 4) is 0 Å². The van der Waals surface area contributed by atoms with Crippen molar-refractivity contribution in [2.24, 2.45) is 5.92 Å². The number of amides is 1. The number of carbonyl (C=O) groups is 1. The van der Waals surface area contributed by atoms with Gasteiger partial charge in [0.05, 0.1) is 4.92 Å².